The van der Waals surface area contributed by atoms with Crippen LogP contribution in [0.5, 0.6) is 0 Å². The van der Waals surface area contributed by atoms with Crippen LogP contribution in [0.3, 0.4) is 0 Å². The Morgan fingerprint density at radius 1 is 0.808 bits per heavy atom. The quantitative estimate of drug-likeness (QED) is 0.458. The van der Waals surface area contributed by atoms with Crippen molar-refractivity contribution in [3.05, 3.63) is 90.0 Å². The molecule has 4 aromatic rings. The molecule has 2 nitrogen and oxygen atoms in total. The SMILES string of the molecule is FC(F)(F)c1ccc2c(-c3ccccc3)nn(Cc3ccccc3)c2c1. The van der Waals surface area contributed by atoms with Crippen LogP contribution >= 0.6 is 0 Å². The van der Waals surface area contributed by atoms with Gasteiger partial charge in [-0.25, -0.2) is 0 Å². The predicted octanol–water partition coefficient (Wildman–Crippen LogP) is 5.77. The van der Waals surface area contributed by atoms with Crippen molar-refractivity contribution in [1.82, 2.24) is 9.78 Å². The minimum absolute atomic E-state index is 0.408. The van der Waals surface area contributed by atoms with Gasteiger partial charge in [-0.3, -0.25) is 4.68 Å². The number of halogens is 3. The maximum Gasteiger partial charge on any atom is 0.416 e. The minimum atomic E-state index is -4.39. The van der Waals surface area contributed by atoms with E-state index in [2.05, 4.69) is 5.10 Å². The van der Waals surface area contributed by atoms with E-state index in [1.165, 1.54) is 12.1 Å². The van der Waals surface area contributed by atoms with E-state index in [4.69, 9.17) is 0 Å². The van der Waals surface area contributed by atoms with Gasteiger partial charge in [0, 0.05) is 10.9 Å². The van der Waals surface area contributed by atoms with Gasteiger partial charge in [0.25, 0.3) is 0 Å². The summed E-state index contributed by atoms with van der Waals surface area (Å²) in [7, 11) is 0. The van der Waals surface area contributed by atoms with Gasteiger partial charge in [-0.1, -0.05) is 60.7 Å². The van der Waals surface area contributed by atoms with Crippen LogP contribution in [-0.4, -0.2) is 9.78 Å². The zero-order valence-corrected chi connectivity index (χ0v) is 13.7. The number of aromatic nitrogens is 2. The van der Waals surface area contributed by atoms with Crippen LogP contribution in [0.2, 0.25) is 0 Å². The summed E-state index contributed by atoms with van der Waals surface area (Å²) in [5.74, 6) is 0. The van der Waals surface area contributed by atoms with E-state index in [-0.39, 0.29) is 0 Å². The van der Waals surface area contributed by atoms with Crippen LogP contribution in [0.4, 0.5) is 13.2 Å². The summed E-state index contributed by atoms with van der Waals surface area (Å²) in [6.07, 6.45) is -4.39. The fourth-order valence-electron chi connectivity index (χ4n) is 3.04. The number of hydrogen-bond acceptors (Lipinski definition) is 1. The van der Waals surface area contributed by atoms with Gasteiger partial charge >= 0.3 is 6.18 Å². The molecule has 0 atom stereocenters. The van der Waals surface area contributed by atoms with E-state index in [0.29, 0.717) is 23.1 Å². The van der Waals surface area contributed by atoms with Crippen molar-refractivity contribution < 1.29 is 13.2 Å². The molecule has 0 saturated heterocycles. The summed E-state index contributed by atoms with van der Waals surface area (Å²) in [4.78, 5) is 0. The molecule has 5 heteroatoms. The topological polar surface area (TPSA) is 17.8 Å². The second-order valence-electron chi connectivity index (χ2n) is 6.09. The van der Waals surface area contributed by atoms with E-state index in [1.54, 1.807) is 4.68 Å². The lowest BCUT2D eigenvalue weighted by Crippen LogP contribution is -2.06. The van der Waals surface area contributed by atoms with E-state index in [1.807, 2.05) is 60.7 Å². The Morgan fingerprint density at radius 2 is 1.46 bits per heavy atom. The first-order chi connectivity index (χ1) is 12.5. The molecule has 130 valence electrons. The molecule has 26 heavy (non-hydrogen) atoms. The van der Waals surface area contributed by atoms with Crippen LogP contribution in [0.1, 0.15) is 11.1 Å². The van der Waals surface area contributed by atoms with Gasteiger partial charge in [0.2, 0.25) is 0 Å². The van der Waals surface area contributed by atoms with E-state index < -0.39 is 11.7 Å². The standard InChI is InChI=1S/C21H15F3N2/c22-21(23,24)17-11-12-18-19(13-17)26(14-15-7-3-1-4-8-15)25-20(18)16-9-5-2-6-10-16/h1-13H,14H2. The van der Waals surface area contributed by atoms with Crippen LogP contribution in [0.25, 0.3) is 22.2 Å². The highest BCUT2D eigenvalue weighted by atomic mass is 19.4. The molecule has 0 radical (unpaired) electrons. The smallest absolute Gasteiger partial charge is 0.260 e. The van der Waals surface area contributed by atoms with Crippen molar-refractivity contribution in [3.63, 3.8) is 0 Å². The Bertz CT molecular complexity index is 1040. The zero-order chi connectivity index (χ0) is 18.1. The summed E-state index contributed by atoms with van der Waals surface area (Å²) < 4.78 is 41.2. The molecule has 0 unspecified atom stereocenters. The molecule has 0 saturated carbocycles. The third-order valence-electron chi connectivity index (χ3n) is 4.30. The molecule has 3 aromatic carbocycles. The molecule has 0 fully saturated rings. The van der Waals surface area contributed by atoms with Crippen LogP contribution in [-0.2, 0) is 12.7 Å². The molecule has 0 aliphatic rings. The van der Waals surface area contributed by atoms with Crippen molar-refractivity contribution >= 4 is 10.9 Å². The normalized spacial score (nSPS) is 11.8. The fourth-order valence-corrected chi connectivity index (χ4v) is 3.04. The number of alkyl halides is 3. The molecule has 4 rings (SSSR count). The molecule has 0 amide bonds. The first-order valence-corrected chi connectivity index (χ1v) is 8.19. The summed E-state index contributed by atoms with van der Waals surface area (Å²) in [6.45, 7) is 0.408. The molecule has 0 spiro atoms. The molecule has 0 aliphatic carbocycles. The number of fused-ring (bicyclic) bond motifs is 1. The number of nitrogens with zero attached hydrogens (tertiary/aromatic N) is 2. The van der Waals surface area contributed by atoms with Gasteiger partial charge in [0.1, 0.15) is 5.69 Å². The molecule has 0 bridgehead atoms. The van der Waals surface area contributed by atoms with Gasteiger partial charge in [0.05, 0.1) is 17.6 Å². The molecule has 0 aliphatic heterocycles. The van der Waals surface area contributed by atoms with Gasteiger partial charge in [-0.15, -0.1) is 0 Å². The van der Waals surface area contributed by atoms with Crippen LogP contribution in [0, 0.1) is 0 Å². The number of hydrogen-bond donors (Lipinski definition) is 0. The van der Waals surface area contributed by atoms with Crippen molar-refractivity contribution in [1.29, 1.82) is 0 Å². The van der Waals surface area contributed by atoms with Crippen molar-refractivity contribution in [3.8, 4) is 11.3 Å². The average molecular weight is 352 g/mol. The highest BCUT2D eigenvalue weighted by Gasteiger charge is 2.31. The van der Waals surface area contributed by atoms with E-state index in [9.17, 15) is 13.2 Å². The second-order valence-corrected chi connectivity index (χ2v) is 6.09. The van der Waals surface area contributed by atoms with Gasteiger partial charge in [0.15, 0.2) is 0 Å². The highest BCUT2D eigenvalue weighted by molar-refractivity contribution is 5.93. The second kappa shape index (κ2) is 6.33. The molecular formula is C21H15F3N2. The summed E-state index contributed by atoms with van der Waals surface area (Å²) in [5, 5.41) is 5.34. The maximum atomic E-state index is 13.2. The van der Waals surface area contributed by atoms with Crippen molar-refractivity contribution in [2.45, 2.75) is 12.7 Å². The lowest BCUT2D eigenvalue weighted by molar-refractivity contribution is -0.137. The number of benzene rings is 3. The van der Waals surface area contributed by atoms with Crippen LogP contribution in [0.15, 0.2) is 78.9 Å². The van der Waals surface area contributed by atoms with Gasteiger partial charge in [-0.05, 0) is 23.8 Å². The van der Waals surface area contributed by atoms with Crippen LogP contribution < -0.4 is 0 Å². The molecular weight excluding hydrogens is 337 g/mol. The Balaban J connectivity index is 1.91. The fraction of sp³-hybridized carbons (Fsp3) is 0.0952. The molecule has 1 heterocycles. The average Bonchev–Trinajstić information content (AvgIpc) is 3.00. The summed E-state index contributed by atoms with van der Waals surface area (Å²) in [5.41, 5.74) is 2.35. The minimum Gasteiger partial charge on any atom is -0.260 e. The van der Waals surface area contributed by atoms with E-state index >= 15 is 0 Å². The third-order valence-corrected chi connectivity index (χ3v) is 4.30. The van der Waals surface area contributed by atoms with Crippen molar-refractivity contribution in [2.75, 3.05) is 0 Å². The number of rotatable bonds is 3. The van der Waals surface area contributed by atoms with Crippen molar-refractivity contribution in [2.24, 2.45) is 0 Å². The van der Waals surface area contributed by atoms with Gasteiger partial charge < -0.3 is 0 Å². The zero-order valence-electron chi connectivity index (χ0n) is 13.7. The Labute approximate surface area is 148 Å². The Kier molecular flexibility index (Phi) is 3.99. The Hall–Kier alpha value is -3.08. The highest BCUT2D eigenvalue weighted by Crippen LogP contribution is 2.34. The monoisotopic (exact) mass is 352 g/mol. The first kappa shape index (κ1) is 16.4. The first-order valence-electron chi connectivity index (χ1n) is 8.19. The summed E-state index contributed by atoms with van der Waals surface area (Å²) >= 11 is 0. The molecule has 1 aromatic heterocycles. The lowest BCUT2D eigenvalue weighted by atomic mass is 10.1. The lowest BCUT2D eigenvalue weighted by Gasteiger charge is -2.08. The third kappa shape index (κ3) is 3.08. The predicted molar refractivity (Wildman–Crippen MR) is 95.7 cm³/mol. The van der Waals surface area contributed by atoms with Gasteiger partial charge in [-0.2, -0.15) is 18.3 Å². The molecule has 0 N–H and O–H groups in total. The largest absolute Gasteiger partial charge is 0.416 e. The maximum absolute atomic E-state index is 13.2. The Morgan fingerprint density at radius 3 is 2.12 bits per heavy atom. The summed E-state index contributed by atoms with van der Waals surface area (Å²) in [6, 6.07) is 22.9. The van der Waals surface area contributed by atoms with E-state index in [0.717, 1.165) is 17.2 Å².